The number of aromatic nitrogens is 2. The van der Waals surface area contributed by atoms with Crippen LogP contribution in [0, 0.1) is 11.3 Å². The summed E-state index contributed by atoms with van der Waals surface area (Å²) in [4.78, 5) is 22.2. The molecule has 198 valence electrons. The van der Waals surface area contributed by atoms with Crippen LogP contribution in [0.2, 0.25) is 5.15 Å². The molecule has 0 saturated carbocycles. The van der Waals surface area contributed by atoms with Crippen LogP contribution in [0.5, 0.6) is 0 Å². The van der Waals surface area contributed by atoms with Gasteiger partial charge in [0.1, 0.15) is 0 Å². The molecule has 7 N–H and O–H groups in total. The zero-order valence-electron chi connectivity index (χ0n) is 20.5. The molecule has 2 rings (SSSR count). The minimum atomic E-state index is -3.10. The van der Waals surface area contributed by atoms with Gasteiger partial charge in [-0.3, -0.25) is 15.5 Å². The summed E-state index contributed by atoms with van der Waals surface area (Å²) in [5.74, 6) is -0.134. The molecule has 0 aliphatic carbocycles. The van der Waals surface area contributed by atoms with Crippen molar-refractivity contribution in [3.8, 4) is 0 Å². The van der Waals surface area contributed by atoms with Gasteiger partial charge in [0.15, 0.2) is 28.4 Å². The van der Waals surface area contributed by atoms with E-state index in [4.69, 9.17) is 28.5 Å². The molecule has 12 nitrogen and oxygen atoms in total. The highest BCUT2D eigenvalue weighted by molar-refractivity contribution is 7.89. The number of nitrogens with one attached hydrogen (secondary N) is 3. The maximum absolute atomic E-state index is 12.2. The van der Waals surface area contributed by atoms with E-state index in [9.17, 15) is 13.2 Å². The highest BCUT2D eigenvalue weighted by Crippen LogP contribution is 2.23. The van der Waals surface area contributed by atoms with E-state index in [1.165, 1.54) is 4.31 Å². The van der Waals surface area contributed by atoms with Gasteiger partial charge in [0, 0.05) is 20.6 Å². The van der Waals surface area contributed by atoms with Crippen LogP contribution in [0.3, 0.4) is 0 Å². The first-order valence-corrected chi connectivity index (χ1v) is 13.8. The van der Waals surface area contributed by atoms with Crippen molar-refractivity contribution in [2.45, 2.75) is 44.9 Å². The Bertz CT molecular complexity index is 967. The van der Waals surface area contributed by atoms with Gasteiger partial charge in [-0.1, -0.05) is 24.4 Å². The molecular formula is C21H38ClN9O3S. The van der Waals surface area contributed by atoms with E-state index in [2.05, 4.69) is 25.5 Å². The highest BCUT2D eigenvalue weighted by atomic mass is 35.5. The number of anilines is 2. The van der Waals surface area contributed by atoms with E-state index >= 15 is 0 Å². The molecular weight excluding hydrogens is 494 g/mol. The van der Waals surface area contributed by atoms with Gasteiger partial charge < -0.3 is 21.7 Å². The number of piperidine rings is 1. The lowest BCUT2D eigenvalue weighted by molar-refractivity contribution is 0.0971. The van der Waals surface area contributed by atoms with Crippen LogP contribution in [0.25, 0.3) is 0 Å². The Balaban J connectivity index is 1.54. The molecule has 0 radical (unpaired) electrons. The van der Waals surface area contributed by atoms with E-state index in [-0.39, 0.29) is 34.2 Å². The van der Waals surface area contributed by atoms with Gasteiger partial charge in [-0.2, -0.15) is 0 Å². The summed E-state index contributed by atoms with van der Waals surface area (Å²) in [6.45, 7) is 3.63. The standard InChI is InChI=1S/C21H38ClN9O3S/c1-30(2)35(33,34)14-6-5-11-31-12-8-15(9-13-31)7-3-4-10-26-21(25)29-20(32)16-18(23)28-19(24)17(22)27-16/h15H,3-14H2,1-2H3,(H4,23,24,28)(H3,25,26,29,32). The van der Waals surface area contributed by atoms with Crippen molar-refractivity contribution in [1.82, 2.24) is 29.8 Å². The Labute approximate surface area is 212 Å². The zero-order chi connectivity index (χ0) is 26.0. The number of nitrogens with zero attached hydrogens (tertiary/aromatic N) is 4. The Morgan fingerprint density at radius 3 is 2.49 bits per heavy atom. The third kappa shape index (κ3) is 9.74. The van der Waals surface area contributed by atoms with Gasteiger partial charge in [0.2, 0.25) is 10.0 Å². The monoisotopic (exact) mass is 531 g/mol. The largest absolute Gasteiger partial charge is 0.382 e. The topological polar surface area (TPSA) is 183 Å². The molecule has 0 atom stereocenters. The smallest absolute Gasteiger partial charge is 0.280 e. The summed E-state index contributed by atoms with van der Waals surface area (Å²) in [7, 11) is 0.0495. The first-order valence-electron chi connectivity index (χ1n) is 11.8. The van der Waals surface area contributed by atoms with Crippen molar-refractivity contribution < 1.29 is 13.2 Å². The molecule has 14 heteroatoms. The lowest BCUT2D eigenvalue weighted by Crippen LogP contribution is -2.41. The number of likely N-dealkylation sites (tertiary alicyclic amines) is 1. The summed E-state index contributed by atoms with van der Waals surface area (Å²) in [6, 6.07) is 0. The number of amides is 1. The van der Waals surface area contributed by atoms with E-state index in [1.54, 1.807) is 14.1 Å². The number of halogens is 1. The van der Waals surface area contributed by atoms with Gasteiger partial charge in [0.05, 0.1) is 5.75 Å². The van der Waals surface area contributed by atoms with Crippen molar-refractivity contribution >= 4 is 45.1 Å². The third-order valence-electron chi connectivity index (χ3n) is 6.09. The number of rotatable bonds is 12. The minimum absolute atomic E-state index is 0.0622. The second-order valence-corrected chi connectivity index (χ2v) is 11.6. The molecule has 1 saturated heterocycles. The molecule has 35 heavy (non-hydrogen) atoms. The average molecular weight is 532 g/mol. The van der Waals surface area contributed by atoms with Gasteiger partial charge in [-0.05, 0) is 57.7 Å². The molecule has 1 aliphatic heterocycles. The fourth-order valence-corrected chi connectivity index (χ4v) is 4.96. The second kappa shape index (κ2) is 13.8. The van der Waals surface area contributed by atoms with Crippen LogP contribution >= 0.6 is 11.6 Å². The highest BCUT2D eigenvalue weighted by Gasteiger charge is 2.20. The average Bonchev–Trinajstić information content (AvgIpc) is 2.79. The van der Waals surface area contributed by atoms with Crippen LogP contribution in [-0.4, -0.2) is 85.5 Å². The molecule has 0 aromatic carbocycles. The van der Waals surface area contributed by atoms with E-state index in [0.29, 0.717) is 18.9 Å². The quantitative estimate of drug-likeness (QED) is 0.150. The molecule has 1 fully saturated rings. The van der Waals surface area contributed by atoms with Crippen LogP contribution in [0.1, 0.15) is 55.4 Å². The predicted molar refractivity (Wildman–Crippen MR) is 139 cm³/mol. The first-order chi connectivity index (χ1) is 16.5. The first kappa shape index (κ1) is 29.0. The molecule has 2 heterocycles. The number of sulfonamides is 1. The van der Waals surface area contributed by atoms with E-state index in [0.717, 1.165) is 58.2 Å². The molecule has 0 bridgehead atoms. The number of nitrogens with two attached hydrogens (primary N) is 2. The van der Waals surface area contributed by atoms with Crippen LogP contribution in [0.15, 0.2) is 0 Å². The number of hydrogen-bond donors (Lipinski definition) is 5. The van der Waals surface area contributed by atoms with Crippen molar-refractivity contribution in [3.63, 3.8) is 0 Å². The molecule has 1 aliphatic rings. The lowest BCUT2D eigenvalue weighted by Gasteiger charge is -2.32. The van der Waals surface area contributed by atoms with Crippen LogP contribution < -0.4 is 22.1 Å². The molecule has 1 aromatic heterocycles. The lowest BCUT2D eigenvalue weighted by atomic mass is 9.91. The summed E-state index contributed by atoms with van der Waals surface area (Å²) in [6.07, 6.45) is 6.95. The molecule has 0 unspecified atom stereocenters. The number of carbonyl (C=O) groups is 1. The SMILES string of the molecule is CN(C)S(=O)(=O)CCCCN1CCC(CCCCNC(=N)NC(=O)c2nc(Cl)c(N)nc2N)CC1. The Kier molecular flexibility index (Phi) is 11.4. The Hall–Kier alpha value is -2.22. The predicted octanol–water partition coefficient (Wildman–Crippen LogP) is 1.10. The van der Waals surface area contributed by atoms with Crippen molar-refractivity contribution in [3.05, 3.63) is 10.8 Å². The van der Waals surface area contributed by atoms with Gasteiger partial charge in [-0.25, -0.2) is 22.7 Å². The van der Waals surface area contributed by atoms with Crippen molar-refractivity contribution in [2.75, 3.05) is 57.5 Å². The Morgan fingerprint density at radius 2 is 1.83 bits per heavy atom. The second-order valence-electron chi connectivity index (χ2n) is 8.98. The van der Waals surface area contributed by atoms with Gasteiger partial charge in [-0.15, -0.1) is 0 Å². The number of nitrogen functional groups attached to an aromatic ring is 2. The Morgan fingerprint density at radius 1 is 1.14 bits per heavy atom. The summed E-state index contributed by atoms with van der Waals surface area (Å²) >= 11 is 5.78. The van der Waals surface area contributed by atoms with Crippen LogP contribution in [0.4, 0.5) is 11.6 Å². The number of unbranched alkanes of at least 4 members (excludes halogenated alkanes) is 2. The van der Waals surface area contributed by atoms with Crippen molar-refractivity contribution in [1.29, 1.82) is 5.41 Å². The molecule has 1 amide bonds. The summed E-state index contributed by atoms with van der Waals surface area (Å²) < 4.78 is 24.9. The van der Waals surface area contributed by atoms with E-state index < -0.39 is 15.9 Å². The molecule has 1 aromatic rings. The number of hydrogen-bond acceptors (Lipinski definition) is 9. The van der Waals surface area contributed by atoms with E-state index in [1.807, 2.05) is 0 Å². The fraction of sp³-hybridized carbons (Fsp3) is 0.714. The molecule has 0 spiro atoms. The minimum Gasteiger partial charge on any atom is -0.382 e. The normalized spacial score (nSPS) is 15.3. The maximum Gasteiger partial charge on any atom is 0.280 e. The van der Waals surface area contributed by atoms with Gasteiger partial charge >= 0.3 is 0 Å². The van der Waals surface area contributed by atoms with Crippen LogP contribution in [-0.2, 0) is 10.0 Å². The zero-order valence-corrected chi connectivity index (χ0v) is 22.1. The number of carbonyl (C=O) groups excluding carboxylic acids is 1. The summed E-state index contributed by atoms with van der Waals surface area (Å²) in [5.41, 5.74) is 11.0. The third-order valence-corrected chi connectivity index (χ3v) is 8.28. The summed E-state index contributed by atoms with van der Waals surface area (Å²) in [5, 5.41) is 13.0. The van der Waals surface area contributed by atoms with Gasteiger partial charge in [0.25, 0.3) is 5.91 Å². The number of guanidine groups is 1. The fourth-order valence-electron chi connectivity index (χ4n) is 3.90. The van der Waals surface area contributed by atoms with Crippen molar-refractivity contribution in [2.24, 2.45) is 5.92 Å². The maximum atomic E-state index is 12.2.